The molecular formula is C22H21N3O3S. The number of aryl methyl sites for hydroxylation is 1. The van der Waals surface area contributed by atoms with Crippen molar-refractivity contribution in [3.05, 3.63) is 70.3 Å². The SMILES string of the molecule is CSCCC(N=Cc1c(O)c2ccccc2oc1=O)c1nc2ccccc2n1C. The van der Waals surface area contributed by atoms with E-state index in [1.54, 1.807) is 36.0 Å². The van der Waals surface area contributed by atoms with Crippen molar-refractivity contribution in [2.24, 2.45) is 12.0 Å². The third-order valence-corrected chi connectivity index (χ3v) is 5.56. The van der Waals surface area contributed by atoms with Gasteiger partial charge in [-0.25, -0.2) is 9.78 Å². The van der Waals surface area contributed by atoms with Crippen LogP contribution in [-0.4, -0.2) is 32.9 Å². The Morgan fingerprint density at radius 3 is 2.79 bits per heavy atom. The highest BCUT2D eigenvalue weighted by Gasteiger charge is 2.18. The molecule has 0 fully saturated rings. The molecule has 0 aliphatic heterocycles. The highest BCUT2D eigenvalue weighted by atomic mass is 32.2. The number of hydrogen-bond acceptors (Lipinski definition) is 6. The highest BCUT2D eigenvalue weighted by molar-refractivity contribution is 7.98. The second kappa shape index (κ2) is 8.13. The van der Waals surface area contributed by atoms with E-state index in [2.05, 4.69) is 4.99 Å². The molecule has 0 aliphatic carbocycles. The normalized spacial score (nSPS) is 12.9. The number of para-hydroxylation sites is 3. The van der Waals surface area contributed by atoms with Crippen molar-refractivity contribution in [3.8, 4) is 5.75 Å². The molecule has 29 heavy (non-hydrogen) atoms. The van der Waals surface area contributed by atoms with Crippen LogP contribution in [-0.2, 0) is 7.05 Å². The lowest BCUT2D eigenvalue weighted by Crippen LogP contribution is -2.10. The molecule has 2 heterocycles. The van der Waals surface area contributed by atoms with E-state index in [0.29, 0.717) is 11.0 Å². The zero-order valence-corrected chi connectivity index (χ0v) is 17.0. The molecule has 1 unspecified atom stereocenters. The molecule has 6 nitrogen and oxygen atoms in total. The summed E-state index contributed by atoms with van der Waals surface area (Å²) in [5.41, 5.74) is 1.72. The van der Waals surface area contributed by atoms with Crippen LogP contribution >= 0.6 is 11.8 Å². The summed E-state index contributed by atoms with van der Waals surface area (Å²) >= 11 is 1.73. The molecule has 1 atom stereocenters. The average molecular weight is 407 g/mol. The molecule has 0 bridgehead atoms. The zero-order chi connectivity index (χ0) is 20.4. The Labute approximate surface area is 171 Å². The Kier molecular flexibility index (Phi) is 5.40. The van der Waals surface area contributed by atoms with E-state index >= 15 is 0 Å². The Bertz CT molecular complexity index is 1260. The van der Waals surface area contributed by atoms with Gasteiger partial charge in [0.05, 0.1) is 16.4 Å². The van der Waals surface area contributed by atoms with Crippen LogP contribution in [0.4, 0.5) is 0 Å². The van der Waals surface area contributed by atoms with Gasteiger partial charge < -0.3 is 14.1 Å². The van der Waals surface area contributed by atoms with Crippen LogP contribution in [0.25, 0.3) is 22.0 Å². The first-order valence-corrected chi connectivity index (χ1v) is 10.7. The predicted molar refractivity (Wildman–Crippen MR) is 118 cm³/mol. The molecule has 0 saturated heterocycles. The summed E-state index contributed by atoms with van der Waals surface area (Å²) < 4.78 is 7.36. The minimum Gasteiger partial charge on any atom is -0.506 e. The zero-order valence-electron chi connectivity index (χ0n) is 16.2. The van der Waals surface area contributed by atoms with Crippen LogP contribution in [0.2, 0.25) is 0 Å². The van der Waals surface area contributed by atoms with Gasteiger partial charge in [-0.05, 0) is 42.7 Å². The molecule has 0 saturated carbocycles. The van der Waals surface area contributed by atoms with E-state index in [4.69, 9.17) is 9.40 Å². The van der Waals surface area contributed by atoms with E-state index < -0.39 is 5.63 Å². The Balaban J connectivity index is 1.77. The van der Waals surface area contributed by atoms with Gasteiger partial charge >= 0.3 is 5.63 Å². The summed E-state index contributed by atoms with van der Waals surface area (Å²) in [6.45, 7) is 0. The molecule has 4 rings (SSSR count). The van der Waals surface area contributed by atoms with Crippen LogP contribution in [0, 0.1) is 0 Å². The molecule has 0 spiro atoms. The van der Waals surface area contributed by atoms with Gasteiger partial charge in [0, 0.05) is 13.3 Å². The fourth-order valence-electron chi connectivity index (χ4n) is 3.39. The average Bonchev–Trinajstić information content (AvgIpc) is 3.07. The minimum absolute atomic E-state index is 0.0524. The molecule has 0 amide bonds. The van der Waals surface area contributed by atoms with Gasteiger partial charge in [0.2, 0.25) is 0 Å². The van der Waals surface area contributed by atoms with Gasteiger partial charge in [0.1, 0.15) is 28.8 Å². The second-order valence-electron chi connectivity index (χ2n) is 6.74. The molecule has 2 aromatic carbocycles. The maximum atomic E-state index is 12.4. The number of aliphatic imine (C=N–C) groups is 1. The lowest BCUT2D eigenvalue weighted by Gasteiger charge is -2.12. The first-order valence-electron chi connectivity index (χ1n) is 9.28. The van der Waals surface area contributed by atoms with Crippen molar-refractivity contribution in [1.29, 1.82) is 0 Å². The van der Waals surface area contributed by atoms with Crippen LogP contribution in [0.1, 0.15) is 23.9 Å². The third kappa shape index (κ3) is 3.65. The quantitative estimate of drug-likeness (QED) is 0.381. The maximum absolute atomic E-state index is 12.4. The largest absolute Gasteiger partial charge is 0.506 e. The summed E-state index contributed by atoms with van der Waals surface area (Å²) in [6.07, 6.45) is 4.21. The van der Waals surface area contributed by atoms with E-state index in [1.807, 2.05) is 42.1 Å². The van der Waals surface area contributed by atoms with Crippen molar-refractivity contribution in [1.82, 2.24) is 9.55 Å². The standard InChI is InChI=1S/C22H21N3O3S/c1-25-18-9-5-4-8-16(18)24-21(25)17(11-12-29-2)23-13-15-20(26)14-7-3-6-10-19(14)28-22(15)27/h3-10,13,17,26H,11-12H2,1-2H3. The van der Waals surface area contributed by atoms with E-state index in [9.17, 15) is 9.90 Å². The van der Waals surface area contributed by atoms with Crippen molar-refractivity contribution in [3.63, 3.8) is 0 Å². The minimum atomic E-state index is -0.612. The Morgan fingerprint density at radius 1 is 1.24 bits per heavy atom. The topological polar surface area (TPSA) is 80.6 Å². The van der Waals surface area contributed by atoms with Crippen molar-refractivity contribution < 1.29 is 9.52 Å². The summed E-state index contributed by atoms with van der Waals surface area (Å²) in [7, 11) is 1.97. The Hall–Kier alpha value is -3.06. The number of aromatic hydroxyl groups is 1. The number of hydrogen-bond donors (Lipinski definition) is 1. The summed E-state index contributed by atoms with van der Waals surface area (Å²) in [4.78, 5) is 21.8. The smallest absolute Gasteiger partial charge is 0.348 e. The van der Waals surface area contributed by atoms with Gasteiger partial charge in [-0.2, -0.15) is 11.8 Å². The van der Waals surface area contributed by atoms with Gasteiger partial charge in [-0.3, -0.25) is 4.99 Å². The summed E-state index contributed by atoms with van der Waals surface area (Å²) in [6, 6.07) is 14.6. The summed E-state index contributed by atoms with van der Waals surface area (Å²) in [5.74, 6) is 1.60. The number of rotatable bonds is 6. The molecule has 0 aliphatic rings. The van der Waals surface area contributed by atoms with Crippen LogP contribution < -0.4 is 5.63 Å². The molecule has 1 N–H and O–H groups in total. The Morgan fingerprint density at radius 2 is 2.00 bits per heavy atom. The summed E-state index contributed by atoms with van der Waals surface area (Å²) in [5, 5.41) is 11.1. The molecular weight excluding hydrogens is 386 g/mol. The lowest BCUT2D eigenvalue weighted by atomic mass is 10.1. The van der Waals surface area contributed by atoms with E-state index in [-0.39, 0.29) is 17.4 Å². The first-order chi connectivity index (χ1) is 14.1. The van der Waals surface area contributed by atoms with Crippen molar-refractivity contribution >= 4 is 40.0 Å². The van der Waals surface area contributed by atoms with Crippen molar-refractivity contribution in [2.75, 3.05) is 12.0 Å². The number of nitrogens with zero attached hydrogens (tertiary/aromatic N) is 3. The molecule has 2 aromatic heterocycles. The number of benzene rings is 2. The molecule has 4 aromatic rings. The van der Waals surface area contributed by atoms with Gasteiger partial charge in [-0.15, -0.1) is 0 Å². The fourth-order valence-corrected chi connectivity index (χ4v) is 3.85. The fraction of sp³-hybridized carbons (Fsp3) is 0.227. The van der Waals surface area contributed by atoms with E-state index in [0.717, 1.165) is 29.0 Å². The second-order valence-corrected chi connectivity index (χ2v) is 7.73. The predicted octanol–water partition coefficient (Wildman–Crippen LogP) is 4.30. The van der Waals surface area contributed by atoms with Crippen LogP contribution in [0.5, 0.6) is 5.75 Å². The number of imidazole rings is 1. The third-order valence-electron chi connectivity index (χ3n) is 4.92. The molecule has 148 valence electrons. The van der Waals surface area contributed by atoms with Crippen molar-refractivity contribution in [2.45, 2.75) is 12.5 Å². The first kappa shape index (κ1) is 19.3. The van der Waals surface area contributed by atoms with Crippen LogP contribution in [0.3, 0.4) is 0 Å². The number of aromatic nitrogens is 2. The lowest BCUT2D eigenvalue weighted by molar-refractivity contribution is 0.466. The highest BCUT2D eigenvalue weighted by Crippen LogP contribution is 2.28. The monoisotopic (exact) mass is 407 g/mol. The maximum Gasteiger partial charge on any atom is 0.348 e. The van der Waals surface area contributed by atoms with Gasteiger partial charge in [-0.1, -0.05) is 24.3 Å². The van der Waals surface area contributed by atoms with Gasteiger partial charge in [0.15, 0.2) is 0 Å². The van der Waals surface area contributed by atoms with Gasteiger partial charge in [0.25, 0.3) is 0 Å². The molecule has 7 heteroatoms. The molecule has 0 radical (unpaired) electrons. The number of thioether (sulfide) groups is 1. The number of fused-ring (bicyclic) bond motifs is 2. The van der Waals surface area contributed by atoms with Crippen LogP contribution in [0.15, 0.2) is 62.7 Å². The van der Waals surface area contributed by atoms with E-state index in [1.165, 1.54) is 6.21 Å².